The molecule has 6 nitrogen and oxygen atoms in total. The minimum atomic E-state index is -0.183. The van der Waals surface area contributed by atoms with E-state index in [0.717, 1.165) is 56.9 Å². The molecule has 2 heterocycles. The monoisotopic (exact) mass is 369 g/mol. The third-order valence-corrected chi connectivity index (χ3v) is 5.10. The minimum Gasteiger partial charge on any atom is -0.325 e. The Morgan fingerprint density at radius 3 is 2.81 bits per heavy atom. The summed E-state index contributed by atoms with van der Waals surface area (Å²) in [4.78, 5) is 17.2. The van der Waals surface area contributed by atoms with Crippen molar-refractivity contribution in [1.82, 2.24) is 19.6 Å². The first-order valence-electron chi connectivity index (χ1n) is 9.91. The van der Waals surface area contributed by atoms with E-state index in [2.05, 4.69) is 39.8 Å². The van der Waals surface area contributed by atoms with Crippen LogP contribution in [-0.2, 0) is 24.4 Å². The fourth-order valence-electron chi connectivity index (χ4n) is 3.63. The number of hydrogen-bond donors (Lipinski definition) is 1. The maximum Gasteiger partial charge on any atom is 0.241 e. The summed E-state index contributed by atoms with van der Waals surface area (Å²) in [7, 11) is 2.14. The molecule has 1 amide bonds. The Balaban J connectivity index is 1.64. The van der Waals surface area contributed by atoms with Crippen LogP contribution in [0.25, 0.3) is 0 Å². The van der Waals surface area contributed by atoms with Crippen molar-refractivity contribution in [2.75, 3.05) is 25.5 Å². The zero-order chi connectivity index (χ0) is 19.2. The molecule has 0 radical (unpaired) electrons. The topological polar surface area (TPSA) is 53.4 Å². The van der Waals surface area contributed by atoms with E-state index in [9.17, 15) is 4.79 Å². The van der Waals surface area contributed by atoms with Crippen LogP contribution in [0.2, 0.25) is 0 Å². The van der Waals surface area contributed by atoms with Crippen molar-refractivity contribution in [2.45, 2.75) is 52.4 Å². The van der Waals surface area contributed by atoms with Gasteiger partial charge in [0.25, 0.3) is 0 Å². The first-order chi connectivity index (χ1) is 13.1. The molecule has 0 unspecified atom stereocenters. The Kier molecular flexibility index (Phi) is 6.63. The number of anilines is 1. The Hall–Kier alpha value is -2.18. The van der Waals surface area contributed by atoms with Crippen molar-refractivity contribution in [3.8, 4) is 0 Å². The molecule has 3 rings (SSSR count). The molecular formula is C21H31N5O. The van der Waals surface area contributed by atoms with Gasteiger partial charge in [-0.05, 0) is 51.6 Å². The highest BCUT2D eigenvalue weighted by atomic mass is 16.2. The highest BCUT2D eigenvalue weighted by Gasteiger charge is 2.25. The third-order valence-electron chi connectivity index (χ3n) is 5.10. The number of hydrogen-bond acceptors (Lipinski definition) is 4. The molecule has 1 aromatic carbocycles. The maximum absolute atomic E-state index is 12.7. The van der Waals surface area contributed by atoms with Gasteiger partial charge < -0.3 is 10.2 Å². The minimum absolute atomic E-state index is 0.0390. The van der Waals surface area contributed by atoms with Crippen molar-refractivity contribution < 1.29 is 4.79 Å². The molecule has 1 aromatic heterocycles. The zero-order valence-electron chi connectivity index (χ0n) is 16.7. The van der Waals surface area contributed by atoms with E-state index >= 15 is 0 Å². The van der Waals surface area contributed by atoms with Gasteiger partial charge in [-0.2, -0.15) is 5.10 Å². The lowest BCUT2D eigenvalue weighted by Crippen LogP contribution is -2.41. The van der Waals surface area contributed by atoms with Crippen LogP contribution in [0, 0.1) is 0 Å². The zero-order valence-corrected chi connectivity index (χ0v) is 16.7. The molecule has 0 aliphatic carbocycles. The highest BCUT2D eigenvalue weighted by Crippen LogP contribution is 2.18. The van der Waals surface area contributed by atoms with E-state index < -0.39 is 0 Å². The van der Waals surface area contributed by atoms with Gasteiger partial charge >= 0.3 is 0 Å². The number of rotatable bonds is 7. The van der Waals surface area contributed by atoms with Crippen molar-refractivity contribution in [1.29, 1.82) is 0 Å². The molecule has 0 saturated carbocycles. The highest BCUT2D eigenvalue weighted by molar-refractivity contribution is 5.94. The Morgan fingerprint density at radius 1 is 1.30 bits per heavy atom. The van der Waals surface area contributed by atoms with Gasteiger partial charge in [0.1, 0.15) is 0 Å². The van der Waals surface area contributed by atoms with E-state index in [0.29, 0.717) is 0 Å². The summed E-state index contributed by atoms with van der Waals surface area (Å²) in [6.07, 6.45) is 2.15. The molecule has 2 aromatic rings. The van der Waals surface area contributed by atoms with Gasteiger partial charge in [-0.3, -0.25) is 14.4 Å². The molecule has 0 saturated heterocycles. The molecular weight excluding hydrogens is 338 g/mol. The molecule has 1 aliphatic heterocycles. The summed E-state index contributed by atoms with van der Waals surface area (Å²) in [5.74, 6) is 0.0390. The number of nitrogens with zero attached hydrogens (tertiary/aromatic N) is 4. The number of fused-ring (bicyclic) bond motifs is 1. The van der Waals surface area contributed by atoms with Gasteiger partial charge in [-0.15, -0.1) is 0 Å². The Morgan fingerprint density at radius 2 is 2.07 bits per heavy atom. The number of carbonyl (C=O) groups excluding carboxylic acids is 1. The number of nitrogens with one attached hydrogen (secondary N) is 1. The Bertz CT molecular complexity index is 742. The fraction of sp³-hybridized carbons (Fsp3) is 0.524. The average Bonchev–Trinajstić information content (AvgIpc) is 2.91. The van der Waals surface area contributed by atoms with Crippen molar-refractivity contribution >= 4 is 11.6 Å². The fourth-order valence-corrected chi connectivity index (χ4v) is 3.63. The summed E-state index contributed by atoms with van der Waals surface area (Å²) >= 11 is 0. The largest absolute Gasteiger partial charge is 0.325 e. The standard InChI is InChI=1S/C21H31N5O/c1-4-11-24(3)15-19-14-20-16-25(12-8-13-26(20)23-19)17(2)21(27)22-18-9-6-5-7-10-18/h5-7,9-10,14,17H,4,8,11-13,15-16H2,1-3H3,(H,22,27)/t17-/m0/s1. The SMILES string of the molecule is CCCN(C)Cc1cc2n(n1)CCCN([C@@H](C)C(=O)Nc1ccccc1)C2. The maximum atomic E-state index is 12.7. The van der Waals surface area contributed by atoms with Crippen LogP contribution in [0.15, 0.2) is 36.4 Å². The van der Waals surface area contributed by atoms with Gasteiger partial charge in [0, 0.05) is 31.9 Å². The normalized spacial score (nSPS) is 16.0. The summed E-state index contributed by atoms with van der Waals surface area (Å²) in [6.45, 7) is 8.70. The second kappa shape index (κ2) is 9.15. The number of carbonyl (C=O) groups is 1. The van der Waals surface area contributed by atoms with Crippen LogP contribution in [0.4, 0.5) is 5.69 Å². The molecule has 146 valence electrons. The van der Waals surface area contributed by atoms with Crippen LogP contribution >= 0.6 is 0 Å². The predicted octanol–water partition coefficient (Wildman–Crippen LogP) is 2.96. The summed E-state index contributed by atoms with van der Waals surface area (Å²) in [5, 5.41) is 7.81. The number of benzene rings is 1. The molecule has 0 fully saturated rings. The molecule has 27 heavy (non-hydrogen) atoms. The number of aromatic nitrogens is 2. The van der Waals surface area contributed by atoms with Crippen LogP contribution in [0.1, 0.15) is 38.1 Å². The summed E-state index contributed by atoms with van der Waals surface area (Å²) in [6, 6.07) is 11.7. The van der Waals surface area contributed by atoms with Crippen LogP contribution in [-0.4, -0.2) is 51.7 Å². The smallest absolute Gasteiger partial charge is 0.241 e. The van der Waals surface area contributed by atoms with E-state index in [4.69, 9.17) is 5.10 Å². The van der Waals surface area contributed by atoms with Crippen molar-refractivity contribution in [3.05, 3.63) is 47.8 Å². The van der Waals surface area contributed by atoms with Gasteiger partial charge in [0.2, 0.25) is 5.91 Å². The number of para-hydroxylation sites is 1. The van der Waals surface area contributed by atoms with E-state index in [-0.39, 0.29) is 11.9 Å². The van der Waals surface area contributed by atoms with Gasteiger partial charge in [0.15, 0.2) is 0 Å². The Labute approximate surface area is 162 Å². The summed E-state index contributed by atoms with van der Waals surface area (Å²) in [5.41, 5.74) is 3.16. The molecule has 1 aliphatic rings. The number of aryl methyl sites for hydroxylation is 1. The van der Waals surface area contributed by atoms with Gasteiger partial charge in [0.05, 0.1) is 17.4 Å². The molecule has 1 atom stereocenters. The van der Waals surface area contributed by atoms with Crippen LogP contribution in [0.3, 0.4) is 0 Å². The van der Waals surface area contributed by atoms with Crippen LogP contribution < -0.4 is 5.32 Å². The predicted molar refractivity (Wildman–Crippen MR) is 108 cm³/mol. The molecule has 1 N–H and O–H groups in total. The lowest BCUT2D eigenvalue weighted by atomic mass is 10.2. The third kappa shape index (κ3) is 5.17. The molecule has 0 spiro atoms. The van der Waals surface area contributed by atoms with Crippen LogP contribution in [0.5, 0.6) is 0 Å². The molecule has 0 bridgehead atoms. The van der Waals surface area contributed by atoms with E-state index in [1.165, 1.54) is 5.69 Å². The summed E-state index contributed by atoms with van der Waals surface area (Å²) < 4.78 is 2.12. The second-order valence-corrected chi connectivity index (χ2v) is 7.44. The van der Waals surface area contributed by atoms with Crippen molar-refractivity contribution in [3.63, 3.8) is 0 Å². The average molecular weight is 370 g/mol. The van der Waals surface area contributed by atoms with Gasteiger partial charge in [-0.25, -0.2) is 0 Å². The molecule has 6 heteroatoms. The first kappa shape index (κ1) is 19.6. The van der Waals surface area contributed by atoms with E-state index in [1.54, 1.807) is 0 Å². The second-order valence-electron chi connectivity index (χ2n) is 7.44. The lowest BCUT2D eigenvalue weighted by Gasteiger charge is -2.26. The number of amides is 1. The quantitative estimate of drug-likeness (QED) is 0.815. The first-order valence-corrected chi connectivity index (χ1v) is 9.91. The van der Waals surface area contributed by atoms with Gasteiger partial charge in [-0.1, -0.05) is 25.1 Å². The van der Waals surface area contributed by atoms with E-state index in [1.807, 2.05) is 37.3 Å². The van der Waals surface area contributed by atoms with Crippen molar-refractivity contribution in [2.24, 2.45) is 0 Å². The lowest BCUT2D eigenvalue weighted by molar-refractivity contribution is -0.121.